The number of thioether (sulfide) groups is 1. The van der Waals surface area contributed by atoms with E-state index >= 15 is 0 Å². The van der Waals surface area contributed by atoms with Crippen LogP contribution in [0.4, 0.5) is 10.1 Å². The highest BCUT2D eigenvalue weighted by Gasteiger charge is 2.31. The van der Waals surface area contributed by atoms with Gasteiger partial charge in [-0.25, -0.2) is 4.39 Å². The average molecular weight is 409 g/mol. The highest BCUT2D eigenvalue weighted by molar-refractivity contribution is 8.03. The number of carbonyl (C=O) groups excluding carboxylic acids is 2. The van der Waals surface area contributed by atoms with Crippen molar-refractivity contribution in [3.8, 4) is 6.07 Å². The summed E-state index contributed by atoms with van der Waals surface area (Å²) in [7, 11) is 0. The molecule has 3 rings (SSSR count). The van der Waals surface area contributed by atoms with Crippen molar-refractivity contribution < 1.29 is 14.0 Å². The van der Waals surface area contributed by atoms with Crippen molar-refractivity contribution in [1.82, 2.24) is 5.32 Å². The van der Waals surface area contributed by atoms with Crippen molar-refractivity contribution in [2.24, 2.45) is 0 Å². The molecule has 148 valence electrons. The fourth-order valence-corrected chi connectivity index (χ4v) is 4.11. The number of benzene rings is 2. The molecule has 0 spiro atoms. The number of hydrogen-bond donors (Lipinski definition) is 2. The largest absolute Gasteiger partial charge is 0.325 e. The standard InChI is InChI=1S/C22H20FN3O2S/c1-2-14-7-3-6-10-19(14)25-21(28)13-29-22-17(12-24)16(11-20(27)26-22)15-8-4-5-9-18(15)23/h3-10,16H,2,11,13H2,1H3,(H,25,28)(H,26,27)/t16-/m0/s1. The second kappa shape index (κ2) is 9.39. The fraction of sp³-hybridized carbons (Fsp3) is 0.227. The molecule has 0 aliphatic carbocycles. The number of halogens is 1. The smallest absolute Gasteiger partial charge is 0.234 e. The molecule has 1 aliphatic rings. The van der Waals surface area contributed by atoms with Gasteiger partial charge in [-0.15, -0.1) is 0 Å². The van der Waals surface area contributed by atoms with Gasteiger partial charge in [-0.2, -0.15) is 5.26 Å². The van der Waals surface area contributed by atoms with Crippen molar-refractivity contribution in [3.05, 3.63) is 76.1 Å². The van der Waals surface area contributed by atoms with Crippen LogP contribution in [0.5, 0.6) is 0 Å². The number of nitrogens with zero attached hydrogens (tertiary/aromatic N) is 1. The number of nitrogens with one attached hydrogen (secondary N) is 2. The number of hydrogen-bond acceptors (Lipinski definition) is 4. The topological polar surface area (TPSA) is 82.0 Å². The number of allylic oxidation sites excluding steroid dienone is 1. The highest BCUT2D eigenvalue weighted by atomic mass is 32.2. The first-order valence-corrected chi connectivity index (χ1v) is 10.2. The molecule has 2 aromatic rings. The number of amides is 2. The van der Waals surface area contributed by atoms with Crippen molar-refractivity contribution in [2.75, 3.05) is 11.1 Å². The van der Waals surface area contributed by atoms with Crippen LogP contribution >= 0.6 is 11.8 Å². The van der Waals surface area contributed by atoms with Crippen molar-refractivity contribution in [1.29, 1.82) is 5.26 Å². The van der Waals surface area contributed by atoms with Gasteiger partial charge in [0.1, 0.15) is 5.82 Å². The molecule has 7 heteroatoms. The third kappa shape index (κ3) is 4.84. The Bertz CT molecular complexity index is 1010. The van der Waals surface area contributed by atoms with Gasteiger partial charge in [0.05, 0.1) is 22.4 Å². The molecular formula is C22H20FN3O2S. The minimum absolute atomic E-state index is 0.00996. The van der Waals surface area contributed by atoms with Gasteiger partial charge in [0.25, 0.3) is 0 Å². The molecule has 2 aromatic carbocycles. The second-order valence-electron chi connectivity index (χ2n) is 6.53. The summed E-state index contributed by atoms with van der Waals surface area (Å²) in [5.74, 6) is -1.66. The van der Waals surface area contributed by atoms with Crippen molar-refractivity contribution in [2.45, 2.75) is 25.7 Å². The zero-order valence-electron chi connectivity index (χ0n) is 15.9. The minimum atomic E-state index is -0.665. The van der Waals surface area contributed by atoms with Crippen LogP contribution < -0.4 is 10.6 Å². The normalized spacial score (nSPS) is 16.2. The van der Waals surface area contributed by atoms with E-state index in [0.29, 0.717) is 10.6 Å². The zero-order chi connectivity index (χ0) is 20.8. The van der Waals surface area contributed by atoms with Crippen LogP contribution in [0.25, 0.3) is 0 Å². The summed E-state index contributed by atoms with van der Waals surface area (Å²) in [5.41, 5.74) is 2.33. The maximum Gasteiger partial charge on any atom is 0.234 e. The molecule has 1 aliphatic heterocycles. The molecule has 0 radical (unpaired) electrons. The summed E-state index contributed by atoms with van der Waals surface area (Å²) < 4.78 is 14.2. The molecule has 1 heterocycles. The van der Waals surface area contributed by atoms with Crippen LogP contribution in [-0.2, 0) is 16.0 Å². The summed E-state index contributed by atoms with van der Waals surface area (Å²) in [6.07, 6.45) is 0.775. The van der Waals surface area contributed by atoms with Gasteiger partial charge in [-0.05, 0) is 29.7 Å². The number of anilines is 1. The predicted octanol–water partition coefficient (Wildman–Crippen LogP) is 4.10. The molecule has 29 heavy (non-hydrogen) atoms. The zero-order valence-corrected chi connectivity index (χ0v) is 16.7. The van der Waals surface area contributed by atoms with Crippen LogP contribution in [0.1, 0.15) is 30.4 Å². The molecule has 0 fully saturated rings. The molecule has 0 saturated carbocycles. The van der Waals surface area contributed by atoms with Crippen LogP contribution in [0.2, 0.25) is 0 Å². The average Bonchev–Trinajstić information content (AvgIpc) is 2.72. The Balaban J connectivity index is 1.77. The molecular weight excluding hydrogens is 389 g/mol. The maximum absolute atomic E-state index is 14.2. The van der Waals surface area contributed by atoms with Gasteiger partial charge in [-0.3, -0.25) is 9.59 Å². The van der Waals surface area contributed by atoms with Gasteiger partial charge >= 0.3 is 0 Å². The first-order chi connectivity index (χ1) is 14.0. The minimum Gasteiger partial charge on any atom is -0.325 e. The van der Waals surface area contributed by atoms with Gasteiger partial charge in [0.2, 0.25) is 11.8 Å². The van der Waals surface area contributed by atoms with E-state index in [9.17, 15) is 19.2 Å². The van der Waals surface area contributed by atoms with Gasteiger partial charge in [-0.1, -0.05) is 55.1 Å². The SMILES string of the molecule is CCc1ccccc1NC(=O)CSC1=C(C#N)[C@H](c2ccccc2F)CC(=O)N1. The Kier molecular flexibility index (Phi) is 6.68. The molecule has 2 N–H and O–H groups in total. The van der Waals surface area contributed by atoms with E-state index in [2.05, 4.69) is 16.7 Å². The number of carbonyl (C=O) groups is 2. The monoisotopic (exact) mass is 409 g/mol. The van der Waals surface area contributed by atoms with Crippen LogP contribution in [0.3, 0.4) is 0 Å². The highest BCUT2D eigenvalue weighted by Crippen LogP contribution is 2.36. The lowest BCUT2D eigenvalue weighted by molar-refractivity contribution is -0.121. The van der Waals surface area contributed by atoms with Gasteiger partial charge in [0, 0.05) is 18.0 Å². The number of aryl methyl sites for hydroxylation is 1. The Morgan fingerprint density at radius 3 is 2.72 bits per heavy atom. The molecule has 1 atom stereocenters. The molecule has 0 bridgehead atoms. The first-order valence-electron chi connectivity index (χ1n) is 9.22. The number of para-hydroxylation sites is 1. The third-order valence-corrected chi connectivity index (χ3v) is 5.67. The maximum atomic E-state index is 14.2. The lowest BCUT2D eigenvalue weighted by atomic mass is 9.87. The van der Waals surface area contributed by atoms with Gasteiger partial charge < -0.3 is 10.6 Å². The third-order valence-electron chi connectivity index (χ3n) is 4.66. The van der Waals surface area contributed by atoms with E-state index in [0.717, 1.165) is 29.4 Å². The predicted molar refractivity (Wildman–Crippen MR) is 111 cm³/mol. The van der Waals surface area contributed by atoms with Crippen LogP contribution in [0.15, 0.2) is 59.1 Å². The quantitative estimate of drug-likeness (QED) is 0.753. The Morgan fingerprint density at radius 2 is 2.00 bits per heavy atom. The van der Waals surface area contributed by atoms with E-state index in [1.165, 1.54) is 6.07 Å². The summed E-state index contributed by atoms with van der Waals surface area (Å²) in [5, 5.41) is 15.5. The van der Waals surface area contributed by atoms with Crippen LogP contribution in [-0.4, -0.2) is 17.6 Å². The molecule has 0 aromatic heterocycles. The number of rotatable bonds is 6. The Labute approximate surface area is 173 Å². The summed E-state index contributed by atoms with van der Waals surface area (Å²) in [4.78, 5) is 24.6. The first kappa shape index (κ1) is 20.6. The van der Waals surface area contributed by atoms with E-state index in [1.54, 1.807) is 18.2 Å². The van der Waals surface area contributed by atoms with Crippen molar-refractivity contribution >= 4 is 29.3 Å². The summed E-state index contributed by atoms with van der Waals surface area (Å²) >= 11 is 1.07. The van der Waals surface area contributed by atoms with Gasteiger partial charge in [0.15, 0.2) is 0 Å². The lowest BCUT2D eigenvalue weighted by Gasteiger charge is -2.25. The van der Waals surface area contributed by atoms with E-state index < -0.39 is 11.7 Å². The summed E-state index contributed by atoms with van der Waals surface area (Å²) in [6, 6.07) is 15.7. The molecule has 0 unspecified atom stereocenters. The Morgan fingerprint density at radius 1 is 1.28 bits per heavy atom. The summed E-state index contributed by atoms with van der Waals surface area (Å²) in [6.45, 7) is 2.00. The van der Waals surface area contributed by atoms with E-state index in [-0.39, 0.29) is 29.6 Å². The van der Waals surface area contributed by atoms with E-state index in [4.69, 9.17) is 0 Å². The molecule has 5 nitrogen and oxygen atoms in total. The fourth-order valence-electron chi connectivity index (χ4n) is 3.23. The molecule has 2 amide bonds. The second-order valence-corrected chi connectivity index (χ2v) is 7.51. The Hall–Kier alpha value is -3.11. The van der Waals surface area contributed by atoms with E-state index in [1.807, 2.05) is 31.2 Å². The molecule has 0 saturated heterocycles. The number of nitriles is 1. The van der Waals surface area contributed by atoms with Crippen molar-refractivity contribution in [3.63, 3.8) is 0 Å². The lowest BCUT2D eigenvalue weighted by Crippen LogP contribution is -2.31. The van der Waals surface area contributed by atoms with Crippen LogP contribution in [0, 0.1) is 17.1 Å².